The van der Waals surface area contributed by atoms with Gasteiger partial charge in [-0.25, -0.2) is 0 Å². The fraction of sp³-hybridized carbons (Fsp3) is 0.542. The fourth-order valence-electron chi connectivity index (χ4n) is 4.73. The van der Waals surface area contributed by atoms with Crippen LogP contribution in [0.15, 0.2) is 29.0 Å². The van der Waals surface area contributed by atoms with Crippen molar-refractivity contribution in [3.8, 4) is 11.5 Å². The summed E-state index contributed by atoms with van der Waals surface area (Å²) in [6, 6.07) is 6.70. The molecule has 1 saturated heterocycles. The summed E-state index contributed by atoms with van der Waals surface area (Å²) in [5, 5.41) is 4.40. The second-order valence-electron chi connectivity index (χ2n) is 8.31. The molecular weight excluding hydrogens is 432 g/mol. The number of methoxy groups -OCH3 is 2. The van der Waals surface area contributed by atoms with Gasteiger partial charge >= 0.3 is 0 Å². The van der Waals surface area contributed by atoms with Crippen LogP contribution >= 0.6 is 23.7 Å². The number of hydrogen-bond donors (Lipinski definition) is 0. The van der Waals surface area contributed by atoms with Crippen molar-refractivity contribution in [2.75, 3.05) is 40.4 Å². The molecule has 0 spiro atoms. The lowest BCUT2D eigenvalue weighted by Crippen LogP contribution is -2.49. The quantitative estimate of drug-likeness (QED) is 0.615. The van der Waals surface area contributed by atoms with Gasteiger partial charge in [0.1, 0.15) is 0 Å². The molecule has 7 heteroatoms. The van der Waals surface area contributed by atoms with Gasteiger partial charge in [-0.1, -0.05) is 6.42 Å². The van der Waals surface area contributed by atoms with Crippen LogP contribution in [-0.4, -0.2) is 62.1 Å². The number of ether oxygens (including phenoxy) is 2. The maximum Gasteiger partial charge on any atom is 0.227 e. The predicted octanol–water partition coefficient (Wildman–Crippen LogP) is 4.21. The molecule has 31 heavy (non-hydrogen) atoms. The zero-order chi connectivity index (χ0) is 20.9. The van der Waals surface area contributed by atoms with Crippen LogP contribution in [0.1, 0.15) is 36.0 Å². The van der Waals surface area contributed by atoms with Crippen molar-refractivity contribution in [1.82, 2.24) is 9.80 Å². The molecule has 2 aliphatic heterocycles. The number of nitrogens with zero attached hydrogens (tertiary/aromatic N) is 2. The average molecular weight is 465 g/mol. The number of carbonyl (C=O) groups excluding carboxylic acids is 1. The normalized spacial score (nSPS) is 19.4. The van der Waals surface area contributed by atoms with Crippen molar-refractivity contribution in [2.45, 2.75) is 44.6 Å². The minimum Gasteiger partial charge on any atom is -0.493 e. The van der Waals surface area contributed by atoms with E-state index in [9.17, 15) is 4.79 Å². The monoisotopic (exact) mass is 464 g/mol. The molecule has 0 radical (unpaired) electrons. The zero-order valence-corrected chi connectivity index (χ0v) is 20.1. The smallest absolute Gasteiger partial charge is 0.227 e. The van der Waals surface area contributed by atoms with Crippen molar-refractivity contribution < 1.29 is 14.3 Å². The first-order chi connectivity index (χ1) is 14.7. The number of hydrogen-bond acceptors (Lipinski definition) is 5. The number of likely N-dealkylation sites (tertiary alicyclic amines) is 1. The van der Waals surface area contributed by atoms with Gasteiger partial charge in [-0.05, 0) is 77.9 Å². The molecule has 5 nitrogen and oxygen atoms in total. The highest BCUT2D eigenvalue weighted by Gasteiger charge is 2.28. The second-order valence-corrected chi connectivity index (χ2v) is 9.09. The van der Waals surface area contributed by atoms with E-state index in [1.165, 1.54) is 30.4 Å². The second kappa shape index (κ2) is 11.2. The van der Waals surface area contributed by atoms with Crippen molar-refractivity contribution >= 4 is 29.7 Å². The lowest BCUT2D eigenvalue weighted by Gasteiger charge is -2.38. The molecule has 4 rings (SSSR count). The molecule has 1 amide bonds. The molecule has 1 unspecified atom stereocenters. The highest BCUT2D eigenvalue weighted by Crippen LogP contribution is 2.32. The molecule has 0 aliphatic carbocycles. The van der Waals surface area contributed by atoms with E-state index in [2.05, 4.69) is 26.6 Å². The Morgan fingerprint density at radius 2 is 1.87 bits per heavy atom. The Kier molecular flexibility index (Phi) is 8.64. The summed E-state index contributed by atoms with van der Waals surface area (Å²) in [6.07, 6.45) is 6.11. The van der Waals surface area contributed by atoms with Gasteiger partial charge in [0.25, 0.3) is 0 Å². The first-order valence-corrected chi connectivity index (χ1v) is 11.9. The third kappa shape index (κ3) is 5.73. The summed E-state index contributed by atoms with van der Waals surface area (Å²) in [5.41, 5.74) is 3.69. The van der Waals surface area contributed by atoms with Gasteiger partial charge in [0.15, 0.2) is 11.5 Å². The van der Waals surface area contributed by atoms with E-state index in [0.29, 0.717) is 18.2 Å². The number of halogens is 1. The molecule has 0 saturated carbocycles. The van der Waals surface area contributed by atoms with E-state index in [1.54, 1.807) is 25.6 Å². The average Bonchev–Trinajstić information content (AvgIpc) is 3.24. The predicted molar refractivity (Wildman–Crippen MR) is 128 cm³/mol. The summed E-state index contributed by atoms with van der Waals surface area (Å²) in [5.74, 6) is 1.66. The highest BCUT2D eigenvalue weighted by atomic mass is 35.5. The maximum absolute atomic E-state index is 13.1. The van der Waals surface area contributed by atoms with Gasteiger partial charge in [0.2, 0.25) is 5.91 Å². The standard InChI is InChI=1S/C24H32N2O3S.ClH/c1-28-22-13-19-7-11-26(24(27)15-20(19)14-23(22)29-2)16-21-5-3-4-9-25(21)10-6-18-8-12-30-17-18;/h8,12-14,17,21H,3-7,9-11,15-16H2,1-2H3;1H. The van der Waals surface area contributed by atoms with Crippen LogP contribution in [0.4, 0.5) is 0 Å². The lowest BCUT2D eigenvalue weighted by atomic mass is 10.0. The Morgan fingerprint density at radius 3 is 2.58 bits per heavy atom. The first-order valence-electron chi connectivity index (χ1n) is 10.9. The summed E-state index contributed by atoms with van der Waals surface area (Å²) >= 11 is 1.77. The summed E-state index contributed by atoms with van der Waals surface area (Å²) in [6.45, 7) is 3.84. The molecule has 0 bridgehead atoms. The van der Waals surface area contributed by atoms with E-state index in [4.69, 9.17) is 9.47 Å². The third-order valence-electron chi connectivity index (χ3n) is 6.50. The molecule has 1 aromatic heterocycles. The number of thiophene rings is 1. The van der Waals surface area contributed by atoms with Crippen molar-refractivity contribution in [3.63, 3.8) is 0 Å². The van der Waals surface area contributed by atoms with Gasteiger partial charge in [-0.15, -0.1) is 12.4 Å². The van der Waals surface area contributed by atoms with Crippen LogP contribution in [0.3, 0.4) is 0 Å². The molecule has 3 heterocycles. The van der Waals surface area contributed by atoms with Gasteiger partial charge in [0.05, 0.1) is 20.6 Å². The molecule has 1 atom stereocenters. The Bertz CT molecular complexity index is 859. The van der Waals surface area contributed by atoms with E-state index in [-0.39, 0.29) is 18.3 Å². The maximum atomic E-state index is 13.1. The van der Waals surface area contributed by atoms with Crippen LogP contribution in [0, 0.1) is 0 Å². The number of amides is 1. The Balaban J connectivity index is 0.00000272. The molecule has 1 fully saturated rings. The van der Waals surface area contributed by atoms with E-state index >= 15 is 0 Å². The van der Waals surface area contributed by atoms with E-state index in [1.807, 2.05) is 12.1 Å². The SMILES string of the molecule is COc1cc2c(cc1OC)CC(=O)N(CC1CCCCN1CCc1ccsc1)CC2.Cl. The van der Waals surface area contributed by atoms with Crippen LogP contribution in [-0.2, 0) is 24.1 Å². The van der Waals surface area contributed by atoms with Crippen LogP contribution in [0.5, 0.6) is 11.5 Å². The summed E-state index contributed by atoms with van der Waals surface area (Å²) < 4.78 is 10.9. The highest BCUT2D eigenvalue weighted by molar-refractivity contribution is 7.07. The molecule has 0 N–H and O–H groups in total. The largest absolute Gasteiger partial charge is 0.493 e. The lowest BCUT2D eigenvalue weighted by molar-refractivity contribution is -0.131. The number of fused-ring (bicyclic) bond motifs is 1. The van der Waals surface area contributed by atoms with Gasteiger partial charge in [-0.2, -0.15) is 11.3 Å². The van der Waals surface area contributed by atoms with E-state index in [0.717, 1.165) is 50.3 Å². The van der Waals surface area contributed by atoms with Crippen LogP contribution in [0.25, 0.3) is 0 Å². The van der Waals surface area contributed by atoms with Crippen molar-refractivity contribution in [1.29, 1.82) is 0 Å². The molecule has 1 aromatic carbocycles. The number of piperidine rings is 1. The van der Waals surface area contributed by atoms with Crippen LogP contribution in [0.2, 0.25) is 0 Å². The molecule has 2 aromatic rings. The number of rotatable bonds is 7. The van der Waals surface area contributed by atoms with Crippen LogP contribution < -0.4 is 9.47 Å². The van der Waals surface area contributed by atoms with Gasteiger partial charge in [-0.3, -0.25) is 9.69 Å². The minimum absolute atomic E-state index is 0. The Labute approximate surface area is 195 Å². The van der Waals surface area contributed by atoms with Gasteiger partial charge < -0.3 is 14.4 Å². The van der Waals surface area contributed by atoms with Crippen molar-refractivity contribution in [3.05, 3.63) is 45.6 Å². The number of carbonyl (C=O) groups is 1. The van der Waals surface area contributed by atoms with Gasteiger partial charge in [0, 0.05) is 25.7 Å². The zero-order valence-electron chi connectivity index (χ0n) is 18.5. The Hall–Kier alpha value is -1.76. The molecule has 2 aliphatic rings. The Morgan fingerprint density at radius 1 is 1.10 bits per heavy atom. The first kappa shape index (κ1) is 23.9. The van der Waals surface area contributed by atoms with Crippen molar-refractivity contribution in [2.24, 2.45) is 0 Å². The summed E-state index contributed by atoms with van der Waals surface area (Å²) in [7, 11) is 3.30. The topological polar surface area (TPSA) is 42.0 Å². The number of benzene rings is 1. The third-order valence-corrected chi connectivity index (χ3v) is 7.23. The van der Waals surface area contributed by atoms with E-state index < -0.39 is 0 Å². The summed E-state index contributed by atoms with van der Waals surface area (Å²) in [4.78, 5) is 17.8. The minimum atomic E-state index is 0. The molecular formula is C24H33ClN2O3S. The fourth-order valence-corrected chi connectivity index (χ4v) is 5.43. The molecule has 170 valence electrons.